The predicted octanol–water partition coefficient (Wildman–Crippen LogP) is 2.67. The first-order valence-corrected chi connectivity index (χ1v) is 11.3. The maximum atomic E-state index is 13.4. The van der Waals surface area contributed by atoms with E-state index in [1.54, 1.807) is 36.4 Å². The van der Waals surface area contributed by atoms with Gasteiger partial charge in [0.2, 0.25) is 6.79 Å². The van der Waals surface area contributed by atoms with Gasteiger partial charge in [-0.3, -0.25) is 19.2 Å². The van der Waals surface area contributed by atoms with Crippen molar-refractivity contribution in [3.05, 3.63) is 88.5 Å². The van der Waals surface area contributed by atoms with E-state index in [0.29, 0.717) is 17.1 Å². The lowest BCUT2D eigenvalue weighted by atomic mass is 10.2. The van der Waals surface area contributed by atoms with Crippen molar-refractivity contribution in [2.75, 3.05) is 17.6 Å². The van der Waals surface area contributed by atoms with Crippen molar-refractivity contribution in [1.82, 2.24) is 5.43 Å². The molecule has 3 aromatic carbocycles. The third-order valence-electron chi connectivity index (χ3n) is 4.76. The molecular weight excluding hydrogens is 464 g/mol. The summed E-state index contributed by atoms with van der Waals surface area (Å²) in [6.07, 6.45) is 1.36. The standard InChI is InChI=1S/C22H18N4O7S/c27-22(24-23-13-16-10-11-19-20(12-16)33-15-32-19)14-25(17-6-2-1-3-7-17)34(30,31)21-9-5-4-8-18(21)26(28)29/h1-13H,14-15H2,(H,24,27). The minimum Gasteiger partial charge on any atom is -0.454 e. The van der Waals surface area contributed by atoms with Crippen LogP contribution >= 0.6 is 0 Å². The van der Waals surface area contributed by atoms with E-state index in [9.17, 15) is 23.3 Å². The molecule has 0 saturated heterocycles. The van der Waals surface area contributed by atoms with E-state index < -0.39 is 38.0 Å². The highest BCUT2D eigenvalue weighted by atomic mass is 32.2. The quantitative estimate of drug-likeness (QED) is 0.296. The maximum absolute atomic E-state index is 13.4. The molecule has 1 heterocycles. The number of nitrogens with zero attached hydrogens (tertiary/aromatic N) is 3. The second-order valence-electron chi connectivity index (χ2n) is 6.98. The van der Waals surface area contributed by atoms with Gasteiger partial charge < -0.3 is 9.47 Å². The molecule has 0 unspecified atom stereocenters. The summed E-state index contributed by atoms with van der Waals surface area (Å²) in [6.45, 7) is -0.535. The van der Waals surface area contributed by atoms with Gasteiger partial charge in [0, 0.05) is 6.07 Å². The Kier molecular flexibility index (Phi) is 6.41. The van der Waals surface area contributed by atoms with Gasteiger partial charge in [-0.1, -0.05) is 30.3 Å². The second kappa shape index (κ2) is 9.58. The van der Waals surface area contributed by atoms with Crippen molar-refractivity contribution in [2.24, 2.45) is 5.10 Å². The zero-order chi connectivity index (χ0) is 24.1. The van der Waals surface area contributed by atoms with Crippen molar-refractivity contribution >= 4 is 33.5 Å². The first kappa shape index (κ1) is 22.7. The van der Waals surface area contributed by atoms with Gasteiger partial charge in [0.05, 0.1) is 16.8 Å². The van der Waals surface area contributed by atoms with Crippen LogP contribution in [0.4, 0.5) is 11.4 Å². The number of nitro groups is 1. The van der Waals surface area contributed by atoms with Gasteiger partial charge in [0.15, 0.2) is 16.4 Å². The lowest BCUT2D eigenvalue weighted by Gasteiger charge is -2.23. The molecule has 11 nitrogen and oxygen atoms in total. The molecule has 4 rings (SSSR count). The Labute approximate surface area is 194 Å². The molecule has 0 spiro atoms. The summed E-state index contributed by atoms with van der Waals surface area (Å²) in [5.74, 6) is 0.393. The Bertz CT molecular complexity index is 1360. The number of benzene rings is 3. The fraction of sp³-hybridized carbons (Fsp3) is 0.0909. The van der Waals surface area contributed by atoms with Crippen molar-refractivity contribution in [3.8, 4) is 11.5 Å². The van der Waals surface area contributed by atoms with Gasteiger partial charge in [0.25, 0.3) is 21.6 Å². The SMILES string of the molecule is O=C(CN(c1ccccc1)S(=O)(=O)c1ccccc1[N+](=O)[O-])NN=Cc1ccc2c(c1)OCO2. The van der Waals surface area contributed by atoms with Gasteiger partial charge in [-0.05, 0) is 42.0 Å². The first-order valence-electron chi connectivity index (χ1n) is 9.89. The molecular formula is C22H18N4O7S. The van der Waals surface area contributed by atoms with Gasteiger partial charge >= 0.3 is 0 Å². The van der Waals surface area contributed by atoms with Crippen LogP contribution in [-0.2, 0) is 14.8 Å². The van der Waals surface area contributed by atoms with Crippen molar-refractivity contribution in [2.45, 2.75) is 4.90 Å². The molecule has 34 heavy (non-hydrogen) atoms. The fourth-order valence-corrected chi connectivity index (χ4v) is 4.77. The zero-order valence-electron chi connectivity index (χ0n) is 17.5. The Morgan fingerprint density at radius 3 is 2.53 bits per heavy atom. The molecule has 1 N–H and O–H groups in total. The van der Waals surface area contributed by atoms with E-state index in [0.717, 1.165) is 16.4 Å². The number of hydrazone groups is 1. The number of anilines is 1. The Morgan fingerprint density at radius 1 is 1.06 bits per heavy atom. The molecule has 1 amide bonds. The molecule has 0 fully saturated rings. The monoisotopic (exact) mass is 482 g/mol. The first-order chi connectivity index (χ1) is 16.4. The highest BCUT2D eigenvalue weighted by Gasteiger charge is 2.33. The van der Waals surface area contributed by atoms with Crippen LogP contribution in [0.1, 0.15) is 5.56 Å². The number of amides is 1. The number of nitrogens with one attached hydrogen (secondary N) is 1. The number of carbonyl (C=O) groups is 1. The Morgan fingerprint density at radius 2 is 1.76 bits per heavy atom. The molecule has 0 aromatic heterocycles. The lowest BCUT2D eigenvalue weighted by Crippen LogP contribution is -2.39. The van der Waals surface area contributed by atoms with Crippen LogP contribution in [0.3, 0.4) is 0 Å². The van der Waals surface area contributed by atoms with Gasteiger partial charge in [-0.15, -0.1) is 0 Å². The summed E-state index contributed by atoms with van der Waals surface area (Å²) < 4.78 is 38.1. The second-order valence-corrected chi connectivity index (χ2v) is 8.81. The third kappa shape index (κ3) is 4.81. The summed E-state index contributed by atoms with van der Waals surface area (Å²) >= 11 is 0. The van der Waals surface area contributed by atoms with Crippen molar-refractivity contribution < 1.29 is 27.6 Å². The zero-order valence-corrected chi connectivity index (χ0v) is 18.3. The van der Waals surface area contributed by atoms with Crippen molar-refractivity contribution in [1.29, 1.82) is 0 Å². The number of hydrogen-bond donors (Lipinski definition) is 1. The summed E-state index contributed by atoms with van der Waals surface area (Å²) in [6, 6.07) is 17.8. The molecule has 0 radical (unpaired) electrons. The van der Waals surface area contributed by atoms with E-state index in [-0.39, 0.29) is 12.5 Å². The van der Waals surface area contributed by atoms with Crippen LogP contribution in [0.2, 0.25) is 0 Å². The van der Waals surface area contributed by atoms with Crippen LogP contribution < -0.4 is 19.2 Å². The van der Waals surface area contributed by atoms with E-state index in [1.807, 2.05) is 0 Å². The highest BCUT2D eigenvalue weighted by molar-refractivity contribution is 7.93. The molecule has 0 aliphatic carbocycles. The number of nitro benzene ring substituents is 1. The summed E-state index contributed by atoms with van der Waals surface area (Å²) in [5, 5.41) is 15.3. The molecule has 0 saturated carbocycles. The van der Waals surface area contributed by atoms with Crippen LogP contribution in [0.25, 0.3) is 0 Å². The average molecular weight is 482 g/mol. The van der Waals surface area contributed by atoms with E-state index in [2.05, 4.69) is 10.5 Å². The van der Waals surface area contributed by atoms with E-state index >= 15 is 0 Å². The van der Waals surface area contributed by atoms with Gasteiger partial charge in [-0.25, -0.2) is 13.8 Å². The third-order valence-corrected chi connectivity index (χ3v) is 6.58. The van der Waals surface area contributed by atoms with Gasteiger partial charge in [-0.2, -0.15) is 5.10 Å². The van der Waals surface area contributed by atoms with Crippen LogP contribution in [0.15, 0.2) is 82.8 Å². The number of para-hydroxylation sites is 2. The molecule has 3 aromatic rings. The number of sulfonamides is 1. The van der Waals surface area contributed by atoms with Crippen LogP contribution in [-0.4, -0.2) is 38.8 Å². The molecule has 0 atom stereocenters. The normalized spacial score (nSPS) is 12.5. The summed E-state index contributed by atoms with van der Waals surface area (Å²) in [7, 11) is -4.46. The van der Waals surface area contributed by atoms with E-state index in [1.165, 1.54) is 30.5 Å². The minimum atomic E-state index is -4.46. The molecule has 12 heteroatoms. The molecule has 1 aliphatic rings. The fourth-order valence-electron chi connectivity index (χ4n) is 3.19. The van der Waals surface area contributed by atoms with Crippen LogP contribution in [0.5, 0.6) is 11.5 Å². The minimum absolute atomic E-state index is 0.121. The molecule has 1 aliphatic heterocycles. The number of fused-ring (bicyclic) bond motifs is 1. The highest BCUT2D eigenvalue weighted by Crippen LogP contribution is 2.32. The number of rotatable bonds is 8. The van der Waals surface area contributed by atoms with Gasteiger partial charge in [0.1, 0.15) is 6.54 Å². The summed E-state index contributed by atoms with van der Waals surface area (Å²) in [4.78, 5) is 22.7. The molecule has 0 bridgehead atoms. The number of ether oxygens (including phenoxy) is 2. The number of carbonyl (C=O) groups excluding carboxylic acids is 1. The average Bonchev–Trinajstić information content (AvgIpc) is 3.31. The summed E-state index contributed by atoms with van der Waals surface area (Å²) in [5.41, 5.74) is 2.47. The Balaban J connectivity index is 1.56. The largest absolute Gasteiger partial charge is 0.454 e. The smallest absolute Gasteiger partial charge is 0.289 e. The Hall–Kier alpha value is -4.45. The lowest BCUT2D eigenvalue weighted by molar-refractivity contribution is -0.387. The maximum Gasteiger partial charge on any atom is 0.289 e. The van der Waals surface area contributed by atoms with E-state index in [4.69, 9.17) is 9.47 Å². The van der Waals surface area contributed by atoms with Crippen LogP contribution in [0, 0.1) is 10.1 Å². The van der Waals surface area contributed by atoms with Crippen molar-refractivity contribution in [3.63, 3.8) is 0 Å². The predicted molar refractivity (Wildman–Crippen MR) is 122 cm³/mol. The molecule has 174 valence electrons. The topological polar surface area (TPSA) is 140 Å². The number of hydrogen-bond acceptors (Lipinski definition) is 8.